The highest BCUT2D eigenvalue weighted by Crippen LogP contribution is 2.32. The third-order valence-corrected chi connectivity index (χ3v) is 4.97. The average Bonchev–Trinajstić information content (AvgIpc) is 2.88. The quantitative estimate of drug-likeness (QED) is 0.818. The summed E-state index contributed by atoms with van der Waals surface area (Å²) >= 11 is 0. The number of rotatable bonds is 3. The minimum absolute atomic E-state index is 0.146. The van der Waals surface area contributed by atoms with E-state index >= 15 is 0 Å². The van der Waals surface area contributed by atoms with Gasteiger partial charge in [-0.15, -0.1) is 0 Å². The van der Waals surface area contributed by atoms with Crippen LogP contribution < -0.4 is 0 Å². The van der Waals surface area contributed by atoms with Crippen LogP contribution in [-0.2, 0) is 14.3 Å². The highest BCUT2D eigenvalue weighted by atomic mass is 32.2. The summed E-state index contributed by atoms with van der Waals surface area (Å²) in [7, 11) is -4.10. The molecule has 0 amide bonds. The maximum absolute atomic E-state index is 12.6. The summed E-state index contributed by atoms with van der Waals surface area (Å²) in [4.78, 5) is 11.9. The molecule has 0 heterocycles. The molecule has 1 aromatic rings. The van der Waals surface area contributed by atoms with Gasteiger partial charge >= 0.3 is 10.1 Å². The number of fused-ring (bicyclic) bond motifs is 1. The number of benzene rings is 1. The molecule has 2 aliphatic carbocycles. The second-order valence-corrected chi connectivity index (χ2v) is 6.80. The molecule has 1 N–H and O–H groups in total. The van der Waals surface area contributed by atoms with Gasteiger partial charge in [0, 0.05) is 17.5 Å². The number of carbonyl (C=O) groups excluding carboxylic acids is 1. The van der Waals surface area contributed by atoms with Crippen LogP contribution in [0.2, 0.25) is 0 Å². The van der Waals surface area contributed by atoms with Gasteiger partial charge in [0.2, 0.25) is 5.78 Å². The molecule has 0 saturated carbocycles. The molecule has 0 bridgehead atoms. The normalized spacial score (nSPS) is 16.7. The number of Topliss-reactive ketones (excluding diaryl/α,β-unsaturated/α-hetero) is 1. The number of allylic oxidation sites excluding steroid dienone is 5. The van der Waals surface area contributed by atoms with Crippen LogP contribution in [0.3, 0.4) is 0 Å². The fraction of sp³-hybridized carbons (Fsp3) is 0.263. The summed E-state index contributed by atoms with van der Waals surface area (Å²) in [5, 5.41) is 7.72. The molecule has 0 aliphatic heterocycles. The maximum atomic E-state index is 12.6. The van der Waals surface area contributed by atoms with Crippen LogP contribution in [0.15, 0.2) is 54.3 Å². The lowest BCUT2D eigenvalue weighted by atomic mass is 9.95. The predicted molar refractivity (Wildman–Crippen MR) is 98.9 cm³/mol. The van der Waals surface area contributed by atoms with Gasteiger partial charge in [-0.1, -0.05) is 50.3 Å². The van der Waals surface area contributed by atoms with Gasteiger partial charge in [0.25, 0.3) is 0 Å². The molecule has 0 radical (unpaired) electrons. The molecule has 2 aliphatic rings. The Labute approximate surface area is 148 Å². The SMILES string of the molecule is CC.N=C1C=C(S(=O)(=O)OC2=CC=CCCC2)c2ccccc2C1=O. The minimum Gasteiger partial charge on any atom is -0.383 e. The molecule has 0 fully saturated rings. The Morgan fingerprint density at radius 2 is 1.80 bits per heavy atom. The summed E-state index contributed by atoms with van der Waals surface area (Å²) < 4.78 is 30.5. The fourth-order valence-corrected chi connectivity index (χ4v) is 3.75. The molecular weight excluding hydrogens is 338 g/mol. The van der Waals surface area contributed by atoms with Crippen molar-refractivity contribution in [2.45, 2.75) is 33.1 Å². The van der Waals surface area contributed by atoms with E-state index in [-0.39, 0.29) is 21.7 Å². The van der Waals surface area contributed by atoms with Crippen LogP contribution in [0.1, 0.15) is 49.0 Å². The van der Waals surface area contributed by atoms with E-state index in [0.717, 1.165) is 18.9 Å². The summed E-state index contributed by atoms with van der Waals surface area (Å²) in [6.07, 6.45) is 8.62. The fourth-order valence-electron chi connectivity index (χ4n) is 2.53. The smallest absolute Gasteiger partial charge is 0.339 e. The third kappa shape index (κ3) is 4.14. The van der Waals surface area contributed by atoms with Gasteiger partial charge in [-0.05, 0) is 25.0 Å². The van der Waals surface area contributed by atoms with E-state index in [2.05, 4.69) is 0 Å². The van der Waals surface area contributed by atoms with E-state index < -0.39 is 15.9 Å². The first-order valence-electron chi connectivity index (χ1n) is 8.23. The van der Waals surface area contributed by atoms with E-state index in [1.807, 2.05) is 19.9 Å². The van der Waals surface area contributed by atoms with Crippen molar-refractivity contribution >= 4 is 26.5 Å². The first-order valence-corrected chi connectivity index (χ1v) is 9.64. The van der Waals surface area contributed by atoms with E-state index in [4.69, 9.17) is 9.59 Å². The van der Waals surface area contributed by atoms with Crippen LogP contribution in [0.25, 0.3) is 4.91 Å². The summed E-state index contributed by atoms with van der Waals surface area (Å²) in [6, 6.07) is 6.35. The van der Waals surface area contributed by atoms with Crippen molar-refractivity contribution in [1.29, 1.82) is 5.41 Å². The van der Waals surface area contributed by atoms with Gasteiger partial charge in [-0.2, -0.15) is 8.42 Å². The van der Waals surface area contributed by atoms with Gasteiger partial charge in [0.1, 0.15) is 16.4 Å². The molecule has 5 nitrogen and oxygen atoms in total. The molecule has 132 valence electrons. The second-order valence-electron chi connectivity index (χ2n) is 5.29. The van der Waals surface area contributed by atoms with E-state index in [0.29, 0.717) is 12.2 Å². The Bertz CT molecular complexity index is 876. The first-order chi connectivity index (χ1) is 12.0. The van der Waals surface area contributed by atoms with Crippen molar-refractivity contribution in [3.63, 3.8) is 0 Å². The van der Waals surface area contributed by atoms with E-state index in [1.54, 1.807) is 30.4 Å². The molecule has 0 atom stereocenters. The largest absolute Gasteiger partial charge is 0.383 e. The van der Waals surface area contributed by atoms with E-state index in [9.17, 15) is 13.2 Å². The Hall–Kier alpha value is -2.47. The van der Waals surface area contributed by atoms with Crippen LogP contribution >= 0.6 is 0 Å². The molecule has 6 heteroatoms. The van der Waals surface area contributed by atoms with Crippen molar-refractivity contribution in [2.75, 3.05) is 0 Å². The molecule has 0 saturated heterocycles. The third-order valence-electron chi connectivity index (χ3n) is 3.66. The monoisotopic (exact) mass is 359 g/mol. The molecule has 3 rings (SSSR count). The van der Waals surface area contributed by atoms with Gasteiger partial charge in [-0.25, -0.2) is 0 Å². The van der Waals surface area contributed by atoms with Gasteiger partial charge < -0.3 is 4.18 Å². The van der Waals surface area contributed by atoms with Crippen LogP contribution in [-0.4, -0.2) is 19.9 Å². The molecule has 0 unspecified atom stereocenters. The van der Waals surface area contributed by atoms with Gasteiger partial charge in [0.15, 0.2) is 0 Å². The number of hydrogen-bond acceptors (Lipinski definition) is 5. The van der Waals surface area contributed by atoms with Crippen molar-refractivity contribution in [3.05, 3.63) is 65.5 Å². The maximum Gasteiger partial charge on any atom is 0.339 e. The lowest BCUT2D eigenvalue weighted by Crippen LogP contribution is -2.21. The number of hydrogen-bond donors (Lipinski definition) is 1. The van der Waals surface area contributed by atoms with Crippen LogP contribution in [0.4, 0.5) is 0 Å². The molecule has 0 aromatic heterocycles. The second kappa shape index (κ2) is 8.07. The summed E-state index contributed by atoms with van der Waals surface area (Å²) in [5.41, 5.74) is 0.121. The lowest BCUT2D eigenvalue weighted by Gasteiger charge is -2.18. The summed E-state index contributed by atoms with van der Waals surface area (Å²) in [5.74, 6) is -0.128. The van der Waals surface area contributed by atoms with Crippen LogP contribution in [0.5, 0.6) is 0 Å². The number of carbonyl (C=O) groups is 1. The topological polar surface area (TPSA) is 84.3 Å². The Kier molecular flexibility index (Phi) is 6.09. The molecule has 25 heavy (non-hydrogen) atoms. The zero-order valence-electron chi connectivity index (χ0n) is 14.3. The number of ketones is 1. The Morgan fingerprint density at radius 3 is 2.52 bits per heavy atom. The molecule has 1 aromatic carbocycles. The summed E-state index contributed by atoms with van der Waals surface area (Å²) in [6.45, 7) is 4.00. The highest BCUT2D eigenvalue weighted by molar-refractivity contribution is 7.96. The standard InChI is InChI=1S/C17H15NO4S.C2H6/c18-15-11-16(13-9-5-6-10-14(13)17(15)19)23(20,21)22-12-7-3-1-2-4-8-12;1-2/h1,3,5-7,9-11,18H,2,4,8H2;1-2H3. The van der Waals surface area contributed by atoms with Crippen LogP contribution in [0, 0.1) is 5.41 Å². The Morgan fingerprint density at radius 1 is 1.12 bits per heavy atom. The number of nitrogens with one attached hydrogen (secondary N) is 1. The first kappa shape index (κ1) is 18.9. The van der Waals surface area contributed by atoms with Crippen molar-refractivity contribution in [2.24, 2.45) is 0 Å². The molecular formula is C19H21NO4S. The van der Waals surface area contributed by atoms with Gasteiger partial charge in [0.05, 0.1) is 0 Å². The lowest BCUT2D eigenvalue weighted by molar-refractivity contribution is 0.106. The Balaban J connectivity index is 0.00000109. The zero-order chi connectivity index (χ0) is 18.4. The van der Waals surface area contributed by atoms with Crippen molar-refractivity contribution < 1.29 is 17.4 Å². The molecule has 0 spiro atoms. The predicted octanol–water partition coefficient (Wildman–Crippen LogP) is 4.24. The van der Waals surface area contributed by atoms with Crippen molar-refractivity contribution in [1.82, 2.24) is 0 Å². The van der Waals surface area contributed by atoms with Gasteiger partial charge in [-0.3, -0.25) is 10.2 Å². The zero-order valence-corrected chi connectivity index (χ0v) is 15.1. The minimum atomic E-state index is -4.10. The average molecular weight is 359 g/mol. The highest BCUT2D eigenvalue weighted by Gasteiger charge is 2.32. The van der Waals surface area contributed by atoms with E-state index in [1.165, 1.54) is 6.07 Å². The van der Waals surface area contributed by atoms with Crippen molar-refractivity contribution in [3.8, 4) is 0 Å².